The summed E-state index contributed by atoms with van der Waals surface area (Å²) in [6, 6.07) is 15.2. The molecule has 10 heteroatoms. The number of halogens is 2. The molecule has 0 atom stereocenters. The van der Waals surface area contributed by atoms with E-state index in [9.17, 15) is 14.9 Å². The predicted molar refractivity (Wildman–Crippen MR) is 131 cm³/mol. The monoisotopic (exact) mass is 497 g/mol. The van der Waals surface area contributed by atoms with E-state index in [1.54, 1.807) is 30.3 Å². The maximum absolute atomic E-state index is 12.9. The van der Waals surface area contributed by atoms with Crippen LogP contribution in [0.15, 0.2) is 59.0 Å². The molecule has 2 aromatic heterocycles. The fraction of sp³-hybridized carbons (Fsp3) is 0.0435. The van der Waals surface area contributed by atoms with Gasteiger partial charge in [0, 0.05) is 27.7 Å². The summed E-state index contributed by atoms with van der Waals surface area (Å²) in [6.45, 7) is 1.91. The van der Waals surface area contributed by atoms with E-state index in [-0.39, 0.29) is 15.6 Å². The van der Waals surface area contributed by atoms with Gasteiger partial charge in [-0.3, -0.25) is 14.9 Å². The first-order valence-electron chi connectivity index (χ1n) is 9.65. The summed E-state index contributed by atoms with van der Waals surface area (Å²) in [7, 11) is 0. The molecule has 1 N–H and O–H groups in total. The zero-order valence-corrected chi connectivity index (χ0v) is 19.2. The van der Waals surface area contributed by atoms with Crippen LogP contribution in [0.5, 0.6) is 0 Å². The highest BCUT2D eigenvalue weighted by molar-refractivity contribution is 7.22. The second-order valence-corrected chi connectivity index (χ2v) is 9.08. The van der Waals surface area contributed by atoms with E-state index in [0.29, 0.717) is 37.8 Å². The summed E-state index contributed by atoms with van der Waals surface area (Å²) in [5, 5.41) is 15.3. The lowest BCUT2D eigenvalue weighted by atomic mass is 10.1. The van der Waals surface area contributed by atoms with Crippen molar-refractivity contribution in [3.05, 3.63) is 85.2 Å². The molecule has 0 bridgehead atoms. The molecule has 0 saturated heterocycles. The van der Waals surface area contributed by atoms with Crippen molar-refractivity contribution < 1.29 is 14.1 Å². The lowest BCUT2D eigenvalue weighted by Gasteiger charge is -2.03. The Morgan fingerprint density at radius 3 is 2.73 bits per heavy atom. The zero-order chi connectivity index (χ0) is 23.3. The Morgan fingerprint density at radius 1 is 1.15 bits per heavy atom. The molecular formula is C23H13Cl2N3O4S. The number of nitrogens with one attached hydrogen (secondary N) is 1. The topological polar surface area (TPSA) is 98.3 Å². The lowest BCUT2D eigenvalue weighted by molar-refractivity contribution is -0.382. The number of benzene rings is 3. The highest BCUT2D eigenvalue weighted by Gasteiger charge is 2.23. The van der Waals surface area contributed by atoms with Gasteiger partial charge < -0.3 is 9.73 Å². The van der Waals surface area contributed by atoms with Crippen LogP contribution in [-0.2, 0) is 0 Å². The number of hydrogen-bond acceptors (Lipinski definition) is 6. The van der Waals surface area contributed by atoms with Crippen molar-refractivity contribution in [3.8, 4) is 11.5 Å². The largest absolute Gasteiger partial charge is 0.436 e. The molecule has 0 radical (unpaired) electrons. The van der Waals surface area contributed by atoms with E-state index in [1.807, 2.05) is 19.1 Å². The van der Waals surface area contributed by atoms with Gasteiger partial charge in [0.25, 0.3) is 11.6 Å². The summed E-state index contributed by atoms with van der Waals surface area (Å²) in [6.07, 6.45) is 0. The number of fused-ring (bicyclic) bond motifs is 2. The molecule has 0 aliphatic heterocycles. The van der Waals surface area contributed by atoms with Crippen LogP contribution >= 0.6 is 34.5 Å². The number of thiophene rings is 1. The van der Waals surface area contributed by atoms with Crippen molar-refractivity contribution in [2.75, 3.05) is 5.32 Å². The average molecular weight is 498 g/mol. The molecule has 0 aliphatic rings. The summed E-state index contributed by atoms with van der Waals surface area (Å²) >= 11 is 13.6. The van der Waals surface area contributed by atoms with Gasteiger partial charge in [-0.2, -0.15) is 0 Å². The van der Waals surface area contributed by atoms with Gasteiger partial charge in [-0.25, -0.2) is 4.98 Å². The highest BCUT2D eigenvalue weighted by Crippen LogP contribution is 2.40. The van der Waals surface area contributed by atoms with Crippen LogP contribution in [0, 0.1) is 17.0 Å². The number of amides is 1. The first kappa shape index (κ1) is 21.4. The fourth-order valence-electron chi connectivity index (χ4n) is 3.41. The molecule has 164 valence electrons. The molecule has 3 aromatic carbocycles. The Kier molecular flexibility index (Phi) is 5.28. The molecule has 0 unspecified atom stereocenters. The normalized spacial score (nSPS) is 11.2. The van der Waals surface area contributed by atoms with Crippen molar-refractivity contribution in [2.24, 2.45) is 0 Å². The fourth-order valence-corrected chi connectivity index (χ4v) is 5.08. The molecule has 7 nitrogen and oxygen atoms in total. The van der Waals surface area contributed by atoms with Crippen molar-refractivity contribution in [3.63, 3.8) is 0 Å². The third-order valence-electron chi connectivity index (χ3n) is 5.10. The Balaban J connectivity index is 1.46. The van der Waals surface area contributed by atoms with Crippen LogP contribution in [0.1, 0.15) is 15.2 Å². The Hall–Kier alpha value is -3.46. The van der Waals surface area contributed by atoms with Gasteiger partial charge in [0.1, 0.15) is 15.1 Å². The Bertz CT molecular complexity index is 1590. The number of nitrogens with zero attached hydrogens (tertiary/aromatic N) is 2. The third-order valence-corrected chi connectivity index (χ3v) is 7.24. The number of anilines is 1. The standard InChI is InChI=1S/C23H13Cl2N3O4S/c1-11-5-6-12(9-15(11)24)23-27-16-10-13(7-8-18(16)32-23)26-22(29)21-19(25)14-3-2-4-17(28(30)31)20(14)33-21/h2-10H,1H3,(H,26,29). The number of nitro groups is 1. The number of nitro benzene ring substituents is 1. The number of non-ortho nitro benzene ring substituents is 1. The number of carbonyl (C=O) groups excluding carboxylic acids is 1. The summed E-state index contributed by atoms with van der Waals surface area (Å²) in [4.78, 5) is 28.4. The molecule has 2 heterocycles. The van der Waals surface area contributed by atoms with Gasteiger partial charge in [0.15, 0.2) is 5.58 Å². The number of aromatic nitrogens is 1. The first-order chi connectivity index (χ1) is 15.8. The number of aryl methyl sites for hydroxylation is 1. The molecule has 0 saturated carbocycles. The number of hydrogen-bond donors (Lipinski definition) is 1. The molecule has 0 spiro atoms. The maximum Gasteiger partial charge on any atom is 0.287 e. The number of carbonyl (C=O) groups is 1. The molecule has 33 heavy (non-hydrogen) atoms. The molecule has 5 aromatic rings. The van der Waals surface area contributed by atoms with Crippen LogP contribution in [-0.4, -0.2) is 15.8 Å². The zero-order valence-electron chi connectivity index (χ0n) is 16.9. The van der Waals surface area contributed by atoms with Gasteiger partial charge in [0.05, 0.1) is 9.95 Å². The molecule has 0 aliphatic carbocycles. The Labute approximate surface area is 200 Å². The molecule has 1 amide bonds. The van der Waals surface area contributed by atoms with E-state index in [1.165, 1.54) is 12.1 Å². The van der Waals surface area contributed by atoms with Crippen molar-refractivity contribution in [1.29, 1.82) is 0 Å². The number of oxazole rings is 1. The molecular weight excluding hydrogens is 485 g/mol. The second kappa shape index (κ2) is 8.15. The van der Waals surface area contributed by atoms with Crippen LogP contribution in [0.25, 0.3) is 32.6 Å². The third kappa shape index (κ3) is 3.82. The quantitative estimate of drug-likeness (QED) is 0.205. The van der Waals surface area contributed by atoms with E-state index in [0.717, 1.165) is 22.5 Å². The number of rotatable bonds is 4. The summed E-state index contributed by atoms with van der Waals surface area (Å²) in [5.41, 5.74) is 3.19. The van der Waals surface area contributed by atoms with Gasteiger partial charge in [0.2, 0.25) is 5.89 Å². The van der Waals surface area contributed by atoms with Crippen molar-refractivity contribution >= 4 is 73.0 Å². The minimum Gasteiger partial charge on any atom is -0.436 e. The predicted octanol–water partition coefficient (Wildman–Crippen LogP) is 7.49. The Morgan fingerprint density at radius 2 is 1.97 bits per heavy atom. The smallest absolute Gasteiger partial charge is 0.287 e. The highest BCUT2D eigenvalue weighted by atomic mass is 35.5. The van der Waals surface area contributed by atoms with E-state index >= 15 is 0 Å². The summed E-state index contributed by atoms with van der Waals surface area (Å²) < 4.78 is 6.18. The van der Waals surface area contributed by atoms with Crippen molar-refractivity contribution in [1.82, 2.24) is 4.98 Å². The van der Waals surface area contributed by atoms with E-state index in [2.05, 4.69) is 10.3 Å². The van der Waals surface area contributed by atoms with Crippen LogP contribution in [0.3, 0.4) is 0 Å². The summed E-state index contributed by atoms with van der Waals surface area (Å²) in [5.74, 6) is -0.0564. The average Bonchev–Trinajstić information content (AvgIpc) is 3.36. The first-order valence-corrected chi connectivity index (χ1v) is 11.2. The van der Waals surface area contributed by atoms with Crippen LogP contribution in [0.2, 0.25) is 10.0 Å². The molecule has 0 fully saturated rings. The van der Waals surface area contributed by atoms with E-state index in [4.69, 9.17) is 27.6 Å². The van der Waals surface area contributed by atoms with E-state index < -0.39 is 10.8 Å². The van der Waals surface area contributed by atoms with Gasteiger partial charge in [-0.05, 0) is 42.8 Å². The maximum atomic E-state index is 12.9. The van der Waals surface area contributed by atoms with Gasteiger partial charge in [-0.15, -0.1) is 11.3 Å². The SMILES string of the molecule is Cc1ccc(-c2nc3cc(NC(=O)c4sc5c([N+](=O)[O-])cccc5c4Cl)ccc3o2)cc1Cl. The second-order valence-electron chi connectivity index (χ2n) is 7.28. The van der Waals surface area contributed by atoms with Crippen LogP contribution < -0.4 is 5.32 Å². The van der Waals surface area contributed by atoms with Crippen molar-refractivity contribution in [2.45, 2.75) is 6.92 Å². The minimum atomic E-state index is -0.492. The lowest BCUT2D eigenvalue weighted by Crippen LogP contribution is -2.10. The van der Waals surface area contributed by atoms with Gasteiger partial charge in [-0.1, -0.05) is 41.4 Å². The van der Waals surface area contributed by atoms with Gasteiger partial charge >= 0.3 is 0 Å². The minimum absolute atomic E-state index is 0.0915. The van der Waals surface area contributed by atoms with Crippen LogP contribution in [0.4, 0.5) is 11.4 Å². The molecule has 5 rings (SSSR count).